The summed E-state index contributed by atoms with van der Waals surface area (Å²) in [5, 5.41) is 12.0. The van der Waals surface area contributed by atoms with Gasteiger partial charge in [0, 0.05) is 12.6 Å². The standard InChI is InChI=1S/C15H23NO2/c1-10-5-6-11(2)14(7-10)8-15(18)16-13(4)12(3)9-17/h5-7,12-13,17H,8-9H2,1-4H3,(H,16,18). The monoisotopic (exact) mass is 249 g/mol. The van der Waals surface area contributed by atoms with E-state index in [9.17, 15) is 4.79 Å². The molecule has 3 nitrogen and oxygen atoms in total. The summed E-state index contributed by atoms with van der Waals surface area (Å²) in [7, 11) is 0. The molecule has 0 aliphatic rings. The van der Waals surface area contributed by atoms with Gasteiger partial charge in [-0.3, -0.25) is 4.79 Å². The topological polar surface area (TPSA) is 49.3 Å². The van der Waals surface area contributed by atoms with E-state index in [1.807, 2.05) is 39.8 Å². The van der Waals surface area contributed by atoms with Crippen LogP contribution in [0, 0.1) is 19.8 Å². The second kappa shape index (κ2) is 6.55. The van der Waals surface area contributed by atoms with Crippen molar-refractivity contribution in [2.45, 2.75) is 40.2 Å². The molecule has 18 heavy (non-hydrogen) atoms. The zero-order valence-electron chi connectivity index (χ0n) is 11.7. The van der Waals surface area contributed by atoms with Gasteiger partial charge in [-0.2, -0.15) is 0 Å². The number of rotatable bonds is 5. The summed E-state index contributed by atoms with van der Waals surface area (Å²) < 4.78 is 0. The van der Waals surface area contributed by atoms with E-state index in [-0.39, 0.29) is 24.5 Å². The fraction of sp³-hybridized carbons (Fsp3) is 0.533. The summed E-state index contributed by atoms with van der Waals surface area (Å²) in [5.74, 6) is 0.0871. The highest BCUT2D eigenvalue weighted by Gasteiger charge is 2.14. The van der Waals surface area contributed by atoms with Gasteiger partial charge in [0.15, 0.2) is 0 Å². The maximum absolute atomic E-state index is 11.9. The average Bonchev–Trinajstić information content (AvgIpc) is 2.32. The van der Waals surface area contributed by atoms with Crippen LogP contribution in [0.25, 0.3) is 0 Å². The molecule has 3 heteroatoms. The van der Waals surface area contributed by atoms with E-state index in [2.05, 4.69) is 11.4 Å². The summed E-state index contributed by atoms with van der Waals surface area (Å²) >= 11 is 0. The molecule has 0 radical (unpaired) electrons. The van der Waals surface area contributed by atoms with Crippen LogP contribution >= 0.6 is 0 Å². The minimum atomic E-state index is -0.00684. The number of aryl methyl sites for hydroxylation is 2. The van der Waals surface area contributed by atoms with Crippen LogP contribution in [0.3, 0.4) is 0 Å². The average molecular weight is 249 g/mol. The van der Waals surface area contributed by atoms with E-state index >= 15 is 0 Å². The van der Waals surface area contributed by atoms with Crippen molar-refractivity contribution < 1.29 is 9.90 Å². The Balaban J connectivity index is 2.62. The highest BCUT2D eigenvalue weighted by atomic mass is 16.3. The van der Waals surface area contributed by atoms with Crippen LogP contribution in [0.15, 0.2) is 18.2 Å². The molecule has 2 atom stereocenters. The molecule has 0 saturated carbocycles. The van der Waals surface area contributed by atoms with Crippen molar-refractivity contribution in [2.75, 3.05) is 6.61 Å². The number of aliphatic hydroxyl groups is 1. The Morgan fingerprint density at radius 1 is 1.33 bits per heavy atom. The van der Waals surface area contributed by atoms with Crippen LogP contribution in [-0.4, -0.2) is 23.7 Å². The van der Waals surface area contributed by atoms with Crippen LogP contribution < -0.4 is 5.32 Å². The predicted molar refractivity (Wildman–Crippen MR) is 73.5 cm³/mol. The first-order chi connectivity index (χ1) is 8.43. The van der Waals surface area contributed by atoms with Crippen molar-refractivity contribution in [1.29, 1.82) is 0 Å². The van der Waals surface area contributed by atoms with Gasteiger partial charge < -0.3 is 10.4 Å². The molecule has 0 fully saturated rings. The maximum atomic E-state index is 11.9. The first-order valence-corrected chi connectivity index (χ1v) is 6.40. The smallest absolute Gasteiger partial charge is 0.224 e. The van der Waals surface area contributed by atoms with Gasteiger partial charge in [-0.15, -0.1) is 0 Å². The fourth-order valence-corrected chi connectivity index (χ4v) is 1.77. The van der Waals surface area contributed by atoms with Crippen LogP contribution in [0.1, 0.15) is 30.5 Å². The molecule has 100 valence electrons. The molecule has 0 heterocycles. The first-order valence-electron chi connectivity index (χ1n) is 6.40. The van der Waals surface area contributed by atoms with Gasteiger partial charge in [-0.25, -0.2) is 0 Å². The summed E-state index contributed by atoms with van der Waals surface area (Å²) in [6.07, 6.45) is 0.399. The zero-order valence-corrected chi connectivity index (χ0v) is 11.7. The lowest BCUT2D eigenvalue weighted by atomic mass is 10.0. The van der Waals surface area contributed by atoms with Gasteiger partial charge in [0.25, 0.3) is 0 Å². The molecule has 1 aromatic rings. The molecule has 2 N–H and O–H groups in total. The number of hydrogen-bond donors (Lipinski definition) is 2. The van der Waals surface area contributed by atoms with E-state index in [0.29, 0.717) is 6.42 Å². The predicted octanol–water partition coefficient (Wildman–Crippen LogP) is 1.98. The van der Waals surface area contributed by atoms with Gasteiger partial charge >= 0.3 is 0 Å². The van der Waals surface area contributed by atoms with E-state index < -0.39 is 0 Å². The van der Waals surface area contributed by atoms with Gasteiger partial charge in [-0.05, 0) is 37.8 Å². The Hall–Kier alpha value is -1.35. The highest BCUT2D eigenvalue weighted by molar-refractivity contribution is 5.79. The van der Waals surface area contributed by atoms with Crippen molar-refractivity contribution in [3.05, 3.63) is 34.9 Å². The Bertz CT molecular complexity index is 415. The number of carbonyl (C=O) groups is 1. The van der Waals surface area contributed by atoms with Gasteiger partial charge in [0.1, 0.15) is 0 Å². The van der Waals surface area contributed by atoms with Gasteiger partial charge in [0.05, 0.1) is 6.42 Å². The minimum Gasteiger partial charge on any atom is -0.396 e. The van der Waals surface area contributed by atoms with Crippen LogP contribution in [0.4, 0.5) is 0 Å². The van der Waals surface area contributed by atoms with E-state index in [0.717, 1.165) is 11.1 Å². The molecule has 0 aliphatic carbocycles. The van der Waals surface area contributed by atoms with Crippen molar-refractivity contribution in [2.24, 2.45) is 5.92 Å². The van der Waals surface area contributed by atoms with E-state index in [4.69, 9.17) is 5.11 Å². The molecule has 0 bridgehead atoms. The number of aliphatic hydroxyl groups excluding tert-OH is 1. The fourth-order valence-electron chi connectivity index (χ4n) is 1.77. The van der Waals surface area contributed by atoms with Crippen LogP contribution in [0.2, 0.25) is 0 Å². The van der Waals surface area contributed by atoms with E-state index in [1.165, 1.54) is 5.56 Å². The molecule has 1 aromatic carbocycles. The minimum absolute atomic E-state index is 0.00684. The van der Waals surface area contributed by atoms with Crippen LogP contribution in [-0.2, 0) is 11.2 Å². The Kier molecular flexibility index (Phi) is 5.35. The molecule has 2 unspecified atom stereocenters. The Morgan fingerprint density at radius 2 is 2.00 bits per heavy atom. The Labute approximate surface area is 109 Å². The summed E-state index contributed by atoms with van der Waals surface area (Å²) in [6, 6.07) is 6.13. The first kappa shape index (κ1) is 14.7. The molecular weight excluding hydrogens is 226 g/mol. The zero-order chi connectivity index (χ0) is 13.7. The van der Waals surface area contributed by atoms with Crippen LogP contribution in [0.5, 0.6) is 0 Å². The van der Waals surface area contributed by atoms with Crippen molar-refractivity contribution in [3.8, 4) is 0 Å². The normalized spacial score (nSPS) is 14.1. The summed E-state index contributed by atoms with van der Waals surface area (Å²) in [4.78, 5) is 11.9. The van der Waals surface area contributed by atoms with Gasteiger partial charge in [-0.1, -0.05) is 30.7 Å². The SMILES string of the molecule is Cc1ccc(C)c(CC(=O)NC(C)C(C)CO)c1. The number of amides is 1. The summed E-state index contributed by atoms with van der Waals surface area (Å²) in [6.45, 7) is 7.97. The largest absolute Gasteiger partial charge is 0.396 e. The third kappa shape index (κ3) is 4.15. The maximum Gasteiger partial charge on any atom is 0.224 e. The van der Waals surface area contributed by atoms with Gasteiger partial charge in [0.2, 0.25) is 5.91 Å². The third-order valence-corrected chi connectivity index (χ3v) is 3.39. The quantitative estimate of drug-likeness (QED) is 0.838. The van der Waals surface area contributed by atoms with E-state index in [1.54, 1.807) is 0 Å². The lowest BCUT2D eigenvalue weighted by Gasteiger charge is -2.19. The molecule has 1 amide bonds. The molecular formula is C15H23NO2. The number of nitrogens with one attached hydrogen (secondary N) is 1. The van der Waals surface area contributed by atoms with Crippen molar-refractivity contribution in [1.82, 2.24) is 5.32 Å². The summed E-state index contributed by atoms with van der Waals surface area (Å²) in [5.41, 5.74) is 3.37. The second-order valence-electron chi connectivity index (χ2n) is 5.12. The third-order valence-electron chi connectivity index (χ3n) is 3.39. The molecule has 0 aliphatic heterocycles. The number of hydrogen-bond acceptors (Lipinski definition) is 2. The van der Waals surface area contributed by atoms with Crippen molar-refractivity contribution >= 4 is 5.91 Å². The lowest BCUT2D eigenvalue weighted by Crippen LogP contribution is -2.39. The molecule has 0 spiro atoms. The molecule has 1 rings (SSSR count). The number of benzene rings is 1. The second-order valence-corrected chi connectivity index (χ2v) is 5.12. The lowest BCUT2D eigenvalue weighted by molar-refractivity contribution is -0.121. The highest BCUT2D eigenvalue weighted by Crippen LogP contribution is 2.11. The molecule has 0 aromatic heterocycles. The number of carbonyl (C=O) groups excluding carboxylic acids is 1. The van der Waals surface area contributed by atoms with Crippen molar-refractivity contribution in [3.63, 3.8) is 0 Å². The molecule has 0 saturated heterocycles. The Morgan fingerprint density at radius 3 is 2.61 bits per heavy atom.